The smallest absolute Gasteiger partial charge is 0.282 e. The highest BCUT2D eigenvalue weighted by molar-refractivity contribution is 5.91. The first kappa shape index (κ1) is 10.9. The molecule has 1 fully saturated rings. The van der Waals surface area contributed by atoms with Gasteiger partial charge in [0.15, 0.2) is 5.69 Å². The van der Waals surface area contributed by atoms with Gasteiger partial charge >= 0.3 is 0 Å². The van der Waals surface area contributed by atoms with Crippen molar-refractivity contribution in [2.75, 3.05) is 6.54 Å². The molecule has 1 amide bonds. The monoisotopic (exact) mass is 221 g/mol. The molecule has 5 heteroatoms. The Balaban J connectivity index is 2.24. The van der Waals surface area contributed by atoms with E-state index in [1.165, 1.54) is 19.0 Å². The first-order valence-corrected chi connectivity index (χ1v) is 5.56. The van der Waals surface area contributed by atoms with E-state index in [0.29, 0.717) is 19.0 Å². The van der Waals surface area contributed by atoms with Gasteiger partial charge in [0, 0.05) is 25.5 Å². The minimum absolute atomic E-state index is 0.00926. The average molecular weight is 221 g/mol. The van der Waals surface area contributed by atoms with Crippen molar-refractivity contribution < 1.29 is 4.79 Å². The van der Waals surface area contributed by atoms with E-state index in [1.807, 2.05) is 6.92 Å². The Morgan fingerprint density at radius 2 is 2.38 bits per heavy atom. The van der Waals surface area contributed by atoms with Crippen LogP contribution in [0.2, 0.25) is 0 Å². The lowest BCUT2D eigenvalue weighted by atomic mass is 10.3. The Labute approximate surface area is 93.5 Å². The van der Waals surface area contributed by atoms with E-state index < -0.39 is 5.91 Å². The molecule has 1 aromatic heterocycles. The van der Waals surface area contributed by atoms with Crippen molar-refractivity contribution in [1.29, 1.82) is 0 Å². The van der Waals surface area contributed by atoms with Crippen LogP contribution in [0.1, 0.15) is 30.3 Å². The number of rotatable bonds is 4. The Kier molecular flexibility index (Phi) is 3.03. The fourth-order valence-electron chi connectivity index (χ4n) is 1.57. The van der Waals surface area contributed by atoms with Crippen molar-refractivity contribution in [3.63, 3.8) is 0 Å². The zero-order chi connectivity index (χ0) is 11.5. The second-order valence-electron chi connectivity index (χ2n) is 4.04. The maximum Gasteiger partial charge on any atom is 0.282 e. The van der Waals surface area contributed by atoms with Gasteiger partial charge in [0.1, 0.15) is 0 Å². The minimum atomic E-state index is -0.391. The van der Waals surface area contributed by atoms with Crippen molar-refractivity contribution in [3.8, 4) is 0 Å². The summed E-state index contributed by atoms with van der Waals surface area (Å²) in [6.07, 6.45) is 5.49. The molecule has 0 radical (unpaired) electrons. The molecule has 2 rings (SSSR count). The third-order valence-electron chi connectivity index (χ3n) is 2.62. The van der Waals surface area contributed by atoms with Gasteiger partial charge in [0.25, 0.3) is 11.5 Å². The first-order valence-electron chi connectivity index (χ1n) is 5.56. The van der Waals surface area contributed by atoms with Gasteiger partial charge < -0.3 is 9.88 Å². The Bertz CT molecular complexity index is 449. The van der Waals surface area contributed by atoms with E-state index in [0.717, 1.165) is 0 Å². The van der Waals surface area contributed by atoms with Gasteiger partial charge in [0.2, 0.25) is 0 Å². The number of nitrogens with zero attached hydrogens (tertiary/aromatic N) is 2. The van der Waals surface area contributed by atoms with Crippen LogP contribution < -0.4 is 10.9 Å². The summed E-state index contributed by atoms with van der Waals surface area (Å²) in [7, 11) is 0. The molecule has 5 nitrogen and oxygen atoms in total. The maximum absolute atomic E-state index is 11.9. The fraction of sp³-hybridized carbons (Fsp3) is 0.545. The number of amides is 1. The summed E-state index contributed by atoms with van der Waals surface area (Å²) in [4.78, 5) is 27.3. The van der Waals surface area contributed by atoms with Gasteiger partial charge in [-0.2, -0.15) is 0 Å². The van der Waals surface area contributed by atoms with Gasteiger partial charge in [0.05, 0.1) is 0 Å². The molecule has 86 valence electrons. The van der Waals surface area contributed by atoms with Gasteiger partial charge in [-0.25, -0.2) is 4.98 Å². The van der Waals surface area contributed by atoms with Crippen LogP contribution in [0, 0.1) is 5.92 Å². The topological polar surface area (TPSA) is 64.0 Å². The van der Waals surface area contributed by atoms with Crippen molar-refractivity contribution in [2.24, 2.45) is 5.92 Å². The molecule has 1 N–H and O–H groups in total. The van der Waals surface area contributed by atoms with Gasteiger partial charge in [-0.05, 0) is 25.7 Å². The number of hydrogen-bond donors (Lipinski definition) is 1. The Morgan fingerprint density at radius 1 is 1.62 bits per heavy atom. The number of hydrogen-bond acceptors (Lipinski definition) is 3. The van der Waals surface area contributed by atoms with Crippen molar-refractivity contribution in [1.82, 2.24) is 14.9 Å². The molecule has 16 heavy (non-hydrogen) atoms. The number of carbonyl (C=O) groups is 1. The molecule has 0 aromatic carbocycles. The second kappa shape index (κ2) is 4.47. The van der Waals surface area contributed by atoms with Crippen LogP contribution in [0.25, 0.3) is 0 Å². The van der Waals surface area contributed by atoms with Crippen molar-refractivity contribution in [3.05, 3.63) is 28.4 Å². The molecule has 0 spiro atoms. The molecule has 1 heterocycles. The third kappa shape index (κ3) is 2.29. The van der Waals surface area contributed by atoms with Gasteiger partial charge in [-0.1, -0.05) is 0 Å². The fourth-order valence-corrected chi connectivity index (χ4v) is 1.57. The quantitative estimate of drug-likeness (QED) is 0.800. The summed E-state index contributed by atoms with van der Waals surface area (Å²) in [5.41, 5.74) is -0.301. The van der Waals surface area contributed by atoms with E-state index in [2.05, 4.69) is 10.3 Å². The summed E-state index contributed by atoms with van der Waals surface area (Å²) < 4.78 is 1.58. The Morgan fingerprint density at radius 3 is 3.00 bits per heavy atom. The lowest BCUT2D eigenvalue weighted by Gasteiger charge is -2.06. The number of aromatic nitrogens is 2. The summed E-state index contributed by atoms with van der Waals surface area (Å²) in [5, 5.41) is 2.58. The van der Waals surface area contributed by atoms with Gasteiger partial charge in [-0.15, -0.1) is 0 Å². The summed E-state index contributed by atoms with van der Waals surface area (Å²) in [6, 6.07) is 0. The largest absolute Gasteiger partial charge is 0.351 e. The van der Waals surface area contributed by atoms with Crippen LogP contribution in [0.4, 0.5) is 0 Å². The molecular weight excluding hydrogens is 206 g/mol. The van der Waals surface area contributed by atoms with Crippen LogP contribution in [0.3, 0.4) is 0 Å². The van der Waals surface area contributed by atoms with Crippen LogP contribution in [0.5, 0.6) is 0 Å². The van der Waals surface area contributed by atoms with Crippen LogP contribution >= 0.6 is 0 Å². The van der Waals surface area contributed by atoms with Crippen LogP contribution in [-0.2, 0) is 6.54 Å². The highest BCUT2D eigenvalue weighted by Gasteiger charge is 2.23. The van der Waals surface area contributed by atoms with E-state index in [-0.39, 0.29) is 11.3 Å². The molecule has 1 aliphatic rings. The lowest BCUT2D eigenvalue weighted by molar-refractivity contribution is 0.0948. The second-order valence-corrected chi connectivity index (χ2v) is 4.04. The standard InChI is InChI=1S/C11H15N3O2/c1-2-12-10(15)9-11(16)14(6-5-13-9)7-8-3-4-8/h5-6,8H,2-4,7H2,1H3,(H,12,15). The van der Waals surface area contributed by atoms with Crippen molar-refractivity contribution >= 4 is 5.91 Å². The van der Waals surface area contributed by atoms with Crippen LogP contribution in [-0.4, -0.2) is 22.0 Å². The molecule has 0 atom stereocenters. The summed E-state index contributed by atoms with van der Waals surface area (Å²) >= 11 is 0. The molecule has 0 aliphatic heterocycles. The van der Waals surface area contributed by atoms with E-state index in [1.54, 1.807) is 10.8 Å². The van der Waals surface area contributed by atoms with Crippen molar-refractivity contribution in [2.45, 2.75) is 26.3 Å². The van der Waals surface area contributed by atoms with E-state index in [9.17, 15) is 9.59 Å². The first-order chi connectivity index (χ1) is 7.72. The SMILES string of the molecule is CCNC(=O)c1nccn(CC2CC2)c1=O. The maximum atomic E-state index is 11.9. The van der Waals surface area contributed by atoms with Gasteiger partial charge in [-0.3, -0.25) is 9.59 Å². The molecule has 1 aliphatic carbocycles. The molecule has 0 saturated heterocycles. The molecule has 1 aromatic rings. The molecular formula is C11H15N3O2. The average Bonchev–Trinajstić information content (AvgIpc) is 3.05. The highest BCUT2D eigenvalue weighted by Crippen LogP contribution is 2.29. The zero-order valence-electron chi connectivity index (χ0n) is 9.27. The molecule has 1 saturated carbocycles. The molecule has 0 bridgehead atoms. The number of nitrogens with one attached hydrogen (secondary N) is 1. The number of carbonyl (C=O) groups excluding carboxylic acids is 1. The van der Waals surface area contributed by atoms with E-state index in [4.69, 9.17) is 0 Å². The predicted molar refractivity (Wildman–Crippen MR) is 59.2 cm³/mol. The van der Waals surface area contributed by atoms with E-state index >= 15 is 0 Å². The minimum Gasteiger partial charge on any atom is -0.351 e. The summed E-state index contributed by atoms with van der Waals surface area (Å²) in [5.74, 6) is 0.208. The lowest BCUT2D eigenvalue weighted by Crippen LogP contribution is -2.34. The summed E-state index contributed by atoms with van der Waals surface area (Å²) in [6.45, 7) is 3.01. The molecule has 0 unspecified atom stereocenters. The zero-order valence-corrected chi connectivity index (χ0v) is 9.27. The Hall–Kier alpha value is -1.65. The normalized spacial score (nSPS) is 14.8. The predicted octanol–water partition coefficient (Wildman–Crippen LogP) is 0.403. The third-order valence-corrected chi connectivity index (χ3v) is 2.62. The highest BCUT2D eigenvalue weighted by atomic mass is 16.2. The van der Waals surface area contributed by atoms with Crippen LogP contribution in [0.15, 0.2) is 17.2 Å².